The second kappa shape index (κ2) is 13.5. The molecule has 1 fully saturated rings. The van der Waals surface area contributed by atoms with Gasteiger partial charge in [0, 0.05) is 17.1 Å². The summed E-state index contributed by atoms with van der Waals surface area (Å²) in [5.74, 6) is -4.02. The van der Waals surface area contributed by atoms with Gasteiger partial charge in [0.15, 0.2) is 10.1 Å². The number of nitrogens with two attached hydrogens (primary N) is 1. The van der Waals surface area contributed by atoms with Crippen molar-refractivity contribution >= 4 is 64.4 Å². The number of aliphatic hydroxyl groups is 1. The zero-order chi connectivity index (χ0) is 33.3. The highest BCUT2D eigenvalue weighted by molar-refractivity contribution is 8.01. The van der Waals surface area contributed by atoms with Gasteiger partial charge in [-0.05, 0) is 52.3 Å². The molecule has 0 bridgehead atoms. The molecule has 4 rings (SSSR count). The normalized spacial score (nSPS) is 20.0. The largest absolute Gasteiger partial charge is 0.508 e. The third kappa shape index (κ3) is 7.17. The van der Waals surface area contributed by atoms with Crippen molar-refractivity contribution in [2.45, 2.75) is 62.0 Å². The molecular weight excluding hydrogens is 647 g/mol. The maximum absolute atomic E-state index is 13.5. The Balaban J connectivity index is 1.57. The molecule has 242 valence electrons. The Morgan fingerprint density at radius 1 is 1.18 bits per heavy atom. The molecule has 2 aromatic rings. The van der Waals surface area contributed by atoms with E-state index in [4.69, 9.17) is 15.2 Å². The molecule has 3 heterocycles. The van der Waals surface area contributed by atoms with Crippen molar-refractivity contribution in [2.75, 3.05) is 18.3 Å². The number of aromatic hydroxyl groups is 1. The SMILES string of the molecule is Cc1nnc(SCC2=C(C(=O)OCOC(=O)C(C)(C)C)N3C(=O)C(NC(=O)C(O)(C(=O)[C@H](C)N)c4ccc(O)cc4)[C@@H]3SC2)s1. The zero-order valence-corrected chi connectivity index (χ0v) is 27.5. The van der Waals surface area contributed by atoms with Crippen molar-refractivity contribution in [3.8, 4) is 5.75 Å². The molecule has 5 N–H and O–H groups in total. The van der Waals surface area contributed by atoms with Gasteiger partial charge >= 0.3 is 11.9 Å². The van der Waals surface area contributed by atoms with E-state index in [0.717, 1.165) is 5.01 Å². The Morgan fingerprint density at radius 3 is 2.42 bits per heavy atom. The number of phenolic OH excluding ortho intramolecular Hbond substituents is 1. The van der Waals surface area contributed by atoms with Crippen molar-refractivity contribution in [3.63, 3.8) is 0 Å². The van der Waals surface area contributed by atoms with Crippen LogP contribution in [-0.4, -0.2) is 90.6 Å². The van der Waals surface area contributed by atoms with E-state index in [2.05, 4.69) is 15.5 Å². The van der Waals surface area contributed by atoms with E-state index in [-0.39, 0.29) is 28.5 Å². The summed E-state index contributed by atoms with van der Waals surface area (Å²) in [5.41, 5.74) is 2.48. The van der Waals surface area contributed by atoms with Crippen LogP contribution in [0.4, 0.5) is 0 Å². The molecule has 0 radical (unpaired) electrons. The number of phenols is 1. The van der Waals surface area contributed by atoms with Crippen molar-refractivity contribution in [3.05, 3.63) is 46.1 Å². The minimum absolute atomic E-state index is 0.0600. The molecule has 17 heteroatoms. The van der Waals surface area contributed by atoms with Gasteiger partial charge in [0.2, 0.25) is 12.4 Å². The van der Waals surface area contributed by atoms with Gasteiger partial charge in [0.25, 0.3) is 11.8 Å². The number of thioether (sulfide) groups is 2. The van der Waals surface area contributed by atoms with E-state index < -0.39 is 64.8 Å². The third-order valence-electron chi connectivity index (χ3n) is 6.78. The van der Waals surface area contributed by atoms with E-state index in [1.807, 2.05) is 0 Å². The van der Waals surface area contributed by atoms with E-state index >= 15 is 0 Å². The van der Waals surface area contributed by atoms with Gasteiger partial charge in [-0.25, -0.2) is 4.79 Å². The summed E-state index contributed by atoms with van der Waals surface area (Å²) in [6.45, 7) is 7.37. The highest BCUT2D eigenvalue weighted by atomic mass is 32.2. The minimum atomic E-state index is -2.77. The van der Waals surface area contributed by atoms with Crippen molar-refractivity contribution in [1.82, 2.24) is 20.4 Å². The molecule has 4 atom stereocenters. The Morgan fingerprint density at radius 2 is 1.84 bits per heavy atom. The van der Waals surface area contributed by atoms with E-state index in [1.54, 1.807) is 27.7 Å². The Hall–Kier alpha value is -3.51. The number of Topliss-reactive ketones (excluding diaryl/α,β-unsaturated/α-hetero) is 1. The first-order valence-corrected chi connectivity index (χ1v) is 16.5. The number of carbonyl (C=O) groups is 5. The number of carbonyl (C=O) groups excluding carboxylic acids is 5. The predicted octanol–water partition coefficient (Wildman–Crippen LogP) is 1.19. The molecule has 14 nitrogen and oxygen atoms in total. The second-order valence-electron chi connectivity index (χ2n) is 11.3. The van der Waals surface area contributed by atoms with Crippen LogP contribution in [0.15, 0.2) is 39.9 Å². The molecule has 0 spiro atoms. The summed E-state index contributed by atoms with van der Waals surface area (Å²) in [6.07, 6.45) is 0. The van der Waals surface area contributed by atoms with Crippen LogP contribution in [0.2, 0.25) is 0 Å². The van der Waals surface area contributed by atoms with E-state index in [9.17, 15) is 34.2 Å². The molecular formula is C28H33N5O9S3. The van der Waals surface area contributed by atoms with Crippen LogP contribution in [0.25, 0.3) is 0 Å². The van der Waals surface area contributed by atoms with Crippen LogP contribution in [-0.2, 0) is 39.0 Å². The van der Waals surface area contributed by atoms with Gasteiger partial charge in [-0.1, -0.05) is 35.2 Å². The lowest BCUT2D eigenvalue weighted by molar-refractivity contribution is -0.173. The van der Waals surface area contributed by atoms with Crippen LogP contribution in [0.1, 0.15) is 38.3 Å². The van der Waals surface area contributed by atoms with Crippen molar-refractivity contribution in [2.24, 2.45) is 11.1 Å². The van der Waals surface area contributed by atoms with Crippen LogP contribution in [0.5, 0.6) is 5.75 Å². The molecule has 2 amide bonds. The molecule has 0 saturated carbocycles. The van der Waals surface area contributed by atoms with Crippen LogP contribution in [0, 0.1) is 12.3 Å². The Labute approximate surface area is 271 Å². The number of fused-ring (bicyclic) bond motifs is 1. The van der Waals surface area contributed by atoms with Gasteiger partial charge in [-0.15, -0.1) is 22.0 Å². The molecule has 0 aliphatic carbocycles. The number of rotatable bonds is 11. The molecule has 1 aromatic carbocycles. The maximum atomic E-state index is 13.5. The van der Waals surface area contributed by atoms with Gasteiger partial charge in [-0.3, -0.25) is 24.1 Å². The number of hydrogen-bond donors (Lipinski definition) is 4. The number of esters is 2. The van der Waals surface area contributed by atoms with Gasteiger partial charge in [-0.2, -0.15) is 0 Å². The molecule has 2 aliphatic heterocycles. The summed E-state index contributed by atoms with van der Waals surface area (Å²) in [6, 6.07) is 2.33. The lowest BCUT2D eigenvalue weighted by Crippen LogP contribution is -2.72. The first-order chi connectivity index (χ1) is 21.0. The monoisotopic (exact) mass is 679 g/mol. The molecule has 2 aliphatic rings. The zero-order valence-electron chi connectivity index (χ0n) is 25.1. The number of ketones is 1. The summed E-state index contributed by atoms with van der Waals surface area (Å²) < 4.78 is 11.0. The fourth-order valence-corrected chi connectivity index (χ4v) is 7.65. The first-order valence-electron chi connectivity index (χ1n) is 13.6. The smallest absolute Gasteiger partial charge is 0.357 e. The number of aryl methyl sites for hydroxylation is 1. The number of aromatic nitrogens is 2. The molecule has 45 heavy (non-hydrogen) atoms. The van der Waals surface area contributed by atoms with Crippen LogP contribution in [0.3, 0.4) is 0 Å². The number of β-lactam (4-membered cyclic amide) rings is 1. The van der Waals surface area contributed by atoms with E-state index in [1.165, 1.54) is 70.9 Å². The number of hydrogen-bond acceptors (Lipinski definition) is 15. The van der Waals surface area contributed by atoms with Gasteiger partial charge in [0.05, 0.1) is 11.5 Å². The second-order valence-corrected chi connectivity index (χ2v) is 14.8. The number of benzene rings is 1. The highest BCUT2D eigenvalue weighted by Crippen LogP contribution is 2.42. The fraction of sp³-hybridized carbons (Fsp3) is 0.464. The number of amides is 2. The summed E-state index contributed by atoms with van der Waals surface area (Å²) >= 11 is 3.95. The van der Waals surface area contributed by atoms with Gasteiger partial charge in [0.1, 0.15) is 27.9 Å². The Kier molecular flexibility index (Phi) is 10.3. The lowest BCUT2D eigenvalue weighted by atomic mass is 9.85. The summed E-state index contributed by atoms with van der Waals surface area (Å²) in [4.78, 5) is 66.7. The summed E-state index contributed by atoms with van der Waals surface area (Å²) in [7, 11) is 0. The van der Waals surface area contributed by atoms with Crippen LogP contribution < -0.4 is 11.1 Å². The third-order valence-corrected chi connectivity index (χ3v) is 10.2. The van der Waals surface area contributed by atoms with Crippen LogP contribution >= 0.6 is 34.9 Å². The van der Waals surface area contributed by atoms with E-state index in [0.29, 0.717) is 9.91 Å². The molecule has 2 unspecified atom stereocenters. The maximum Gasteiger partial charge on any atom is 0.357 e. The average Bonchev–Trinajstić information content (AvgIpc) is 3.41. The quantitative estimate of drug-likeness (QED) is 0.0864. The van der Waals surface area contributed by atoms with Crippen molar-refractivity contribution in [1.29, 1.82) is 0 Å². The standard InChI is InChI=1S/C28H33N5O9S3/c1-13(29)20(35)28(40,16-6-8-17(34)9-7-16)24(38)30-18-21(36)33-19(23(37)41-12-42-25(39)27(3,4)5)15(10-43-22(18)33)11-44-26-32-31-14(2)45-26/h6-9,13,18,22,34,40H,10-12,29H2,1-5H3,(H,30,38)/t13-,18?,22-,28?/m0/s1. The highest BCUT2D eigenvalue weighted by Gasteiger charge is 2.57. The molecule has 1 aromatic heterocycles. The average molecular weight is 680 g/mol. The topological polar surface area (TPSA) is 211 Å². The Bertz CT molecular complexity index is 1540. The molecule has 1 saturated heterocycles. The number of ether oxygens (including phenoxy) is 2. The predicted molar refractivity (Wildman–Crippen MR) is 165 cm³/mol. The number of nitrogens with zero attached hydrogens (tertiary/aromatic N) is 3. The fourth-order valence-electron chi connectivity index (χ4n) is 4.35. The summed E-state index contributed by atoms with van der Waals surface area (Å²) in [5, 5.41) is 31.6. The number of nitrogens with one attached hydrogen (secondary N) is 1. The lowest BCUT2D eigenvalue weighted by Gasteiger charge is -2.50. The first kappa shape index (κ1) is 34.4. The van der Waals surface area contributed by atoms with Crippen molar-refractivity contribution < 1.29 is 43.7 Å². The van der Waals surface area contributed by atoms with Gasteiger partial charge < -0.3 is 30.7 Å². The minimum Gasteiger partial charge on any atom is -0.508 e.